The lowest BCUT2D eigenvalue weighted by atomic mass is 10.0. The highest BCUT2D eigenvalue weighted by Gasteiger charge is 2.37. The van der Waals surface area contributed by atoms with Crippen molar-refractivity contribution in [2.75, 3.05) is 19.3 Å². The molecule has 1 aliphatic heterocycles. The number of amides is 1. The molecule has 3 rings (SSSR count). The quantitative estimate of drug-likeness (QED) is 0.737. The largest absolute Gasteiger partial charge is 0.453 e. The third kappa shape index (κ3) is 4.89. The summed E-state index contributed by atoms with van der Waals surface area (Å²) in [6.45, 7) is 3.92. The van der Waals surface area contributed by atoms with Gasteiger partial charge in [0.2, 0.25) is 15.9 Å². The van der Waals surface area contributed by atoms with Gasteiger partial charge in [-0.1, -0.05) is 0 Å². The van der Waals surface area contributed by atoms with Crippen LogP contribution in [0.3, 0.4) is 0 Å². The van der Waals surface area contributed by atoms with Crippen molar-refractivity contribution in [3.63, 3.8) is 0 Å². The summed E-state index contributed by atoms with van der Waals surface area (Å²) in [5.41, 5.74) is 1.54. The molecule has 1 aliphatic rings. The highest BCUT2D eigenvalue weighted by atomic mass is 32.2. The van der Waals surface area contributed by atoms with Crippen molar-refractivity contribution in [2.45, 2.75) is 51.7 Å². The Morgan fingerprint density at radius 3 is 2.60 bits per heavy atom. The molecular weight excluding hydrogens is 425 g/mol. The lowest BCUT2D eigenvalue weighted by Crippen LogP contribution is -2.49. The van der Waals surface area contributed by atoms with Gasteiger partial charge in [-0.05, 0) is 38.7 Å². The van der Waals surface area contributed by atoms with E-state index < -0.39 is 22.0 Å². The molecule has 1 amide bonds. The molecule has 2 aromatic rings. The lowest BCUT2D eigenvalue weighted by molar-refractivity contribution is -0.144. The number of aromatic nitrogens is 4. The Morgan fingerprint density at radius 2 is 1.97 bits per heavy atom. The second kappa shape index (κ2) is 8.10. The van der Waals surface area contributed by atoms with Crippen LogP contribution < -0.4 is 5.32 Å². The van der Waals surface area contributed by atoms with Gasteiger partial charge < -0.3 is 5.32 Å². The summed E-state index contributed by atoms with van der Waals surface area (Å²) >= 11 is 0. The van der Waals surface area contributed by atoms with Gasteiger partial charge in [0.05, 0.1) is 6.26 Å². The minimum Gasteiger partial charge on any atom is -0.352 e. The van der Waals surface area contributed by atoms with E-state index in [0.717, 1.165) is 10.8 Å². The molecule has 1 atom stereocenters. The number of rotatable bonds is 5. The summed E-state index contributed by atoms with van der Waals surface area (Å²) < 4.78 is 64.4. The monoisotopic (exact) mass is 448 g/mol. The maximum atomic E-state index is 12.9. The molecule has 1 unspecified atom stereocenters. The minimum atomic E-state index is -4.67. The first-order valence-electron chi connectivity index (χ1n) is 9.41. The van der Waals surface area contributed by atoms with Crippen LogP contribution in [0.1, 0.15) is 42.0 Å². The maximum absolute atomic E-state index is 12.9. The van der Waals surface area contributed by atoms with Crippen molar-refractivity contribution < 1.29 is 26.4 Å². The fourth-order valence-corrected chi connectivity index (χ4v) is 4.50. The van der Waals surface area contributed by atoms with Gasteiger partial charge in [0.1, 0.15) is 0 Å². The van der Waals surface area contributed by atoms with Gasteiger partial charge >= 0.3 is 6.18 Å². The second-order valence-corrected chi connectivity index (χ2v) is 9.42. The topological polar surface area (TPSA) is 110 Å². The summed E-state index contributed by atoms with van der Waals surface area (Å²) in [5.74, 6) is -1.67. The predicted octanol–water partition coefficient (Wildman–Crippen LogP) is 1.23. The number of sulfonamides is 1. The van der Waals surface area contributed by atoms with E-state index in [2.05, 4.69) is 20.4 Å². The van der Waals surface area contributed by atoms with Crippen molar-refractivity contribution >= 4 is 21.7 Å². The first-order valence-corrected chi connectivity index (χ1v) is 11.3. The van der Waals surface area contributed by atoms with E-state index in [0.29, 0.717) is 36.3 Å². The van der Waals surface area contributed by atoms with Gasteiger partial charge in [-0.3, -0.25) is 4.79 Å². The number of piperidine rings is 1. The average molecular weight is 448 g/mol. The van der Waals surface area contributed by atoms with Crippen LogP contribution in [-0.2, 0) is 27.4 Å². The predicted molar refractivity (Wildman–Crippen MR) is 101 cm³/mol. The van der Waals surface area contributed by atoms with Crippen molar-refractivity contribution in [2.24, 2.45) is 0 Å². The Balaban J connectivity index is 1.68. The molecule has 9 nitrogen and oxygen atoms in total. The third-order valence-corrected chi connectivity index (χ3v) is 6.39. The van der Waals surface area contributed by atoms with Gasteiger partial charge in [0.25, 0.3) is 11.6 Å². The zero-order chi connectivity index (χ0) is 22.3. The van der Waals surface area contributed by atoms with Crippen molar-refractivity contribution in [1.29, 1.82) is 0 Å². The van der Waals surface area contributed by atoms with Gasteiger partial charge in [0, 0.05) is 36.9 Å². The van der Waals surface area contributed by atoms with Crippen LogP contribution >= 0.6 is 0 Å². The number of nitrogens with zero attached hydrogens (tertiary/aromatic N) is 5. The molecule has 0 saturated carbocycles. The zero-order valence-corrected chi connectivity index (χ0v) is 17.6. The van der Waals surface area contributed by atoms with E-state index in [-0.39, 0.29) is 37.1 Å². The molecule has 0 radical (unpaired) electrons. The maximum Gasteiger partial charge on any atom is 0.453 e. The third-order valence-electron chi connectivity index (χ3n) is 5.12. The Morgan fingerprint density at radius 1 is 1.27 bits per heavy atom. The van der Waals surface area contributed by atoms with Crippen molar-refractivity contribution in [1.82, 2.24) is 29.2 Å². The summed E-state index contributed by atoms with van der Waals surface area (Å²) in [6.07, 6.45) is -1.84. The molecule has 1 saturated heterocycles. The number of carbonyl (C=O) groups excluding carboxylic acids is 1. The summed E-state index contributed by atoms with van der Waals surface area (Å²) in [7, 11) is -3.31. The Hall–Kier alpha value is -2.28. The highest BCUT2D eigenvalue weighted by molar-refractivity contribution is 7.88. The molecule has 166 valence electrons. The van der Waals surface area contributed by atoms with Crippen molar-refractivity contribution in [3.8, 4) is 0 Å². The Bertz CT molecular complexity index is 1070. The van der Waals surface area contributed by atoms with Gasteiger partial charge in [0.15, 0.2) is 0 Å². The molecule has 2 aromatic heterocycles. The number of aryl methyl sites for hydroxylation is 2. The van der Waals surface area contributed by atoms with Gasteiger partial charge in [-0.15, -0.1) is 5.10 Å². The summed E-state index contributed by atoms with van der Waals surface area (Å²) in [5, 5.41) is 6.33. The molecule has 13 heteroatoms. The van der Waals surface area contributed by atoms with E-state index in [1.807, 2.05) is 0 Å². The fraction of sp³-hybridized carbons (Fsp3) is 0.647. The average Bonchev–Trinajstić information content (AvgIpc) is 3.05. The molecule has 1 N–H and O–H groups in total. The number of carbonyl (C=O) groups is 1. The number of fused-ring (bicyclic) bond motifs is 1. The zero-order valence-electron chi connectivity index (χ0n) is 16.8. The number of hydrogen-bond donors (Lipinski definition) is 1. The lowest BCUT2D eigenvalue weighted by Gasteiger charge is -2.31. The smallest absolute Gasteiger partial charge is 0.352 e. The Kier molecular flexibility index (Phi) is 6.05. The van der Waals surface area contributed by atoms with Crippen LogP contribution in [0.4, 0.5) is 13.2 Å². The molecule has 30 heavy (non-hydrogen) atoms. The Labute approximate surface area is 171 Å². The summed E-state index contributed by atoms with van der Waals surface area (Å²) in [6, 6.07) is -0.270. The van der Waals surface area contributed by atoms with Crippen molar-refractivity contribution in [3.05, 3.63) is 22.8 Å². The van der Waals surface area contributed by atoms with Crippen LogP contribution in [0.25, 0.3) is 5.78 Å². The van der Waals surface area contributed by atoms with E-state index in [1.54, 1.807) is 13.8 Å². The second-order valence-electron chi connectivity index (χ2n) is 7.43. The van der Waals surface area contributed by atoms with Crippen LogP contribution in [0, 0.1) is 13.8 Å². The van der Waals surface area contributed by atoms with E-state index in [4.69, 9.17) is 0 Å². The molecule has 3 heterocycles. The van der Waals surface area contributed by atoms with Gasteiger partial charge in [-0.25, -0.2) is 22.2 Å². The first kappa shape index (κ1) is 22.4. The van der Waals surface area contributed by atoms with Crippen LogP contribution in [0.2, 0.25) is 0 Å². The fourth-order valence-electron chi connectivity index (χ4n) is 3.59. The molecule has 0 aliphatic carbocycles. The number of alkyl halides is 3. The van der Waals surface area contributed by atoms with E-state index in [9.17, 15) is 26.4 Å². The van der Waals surface area contributed by atoms with E-state index in [1.165, 1.54) is 4.31 Å². The standard InChI is InChI=1S/C17H23F3N6O3S/c1-10-13(11(2)26-16(21-10)23-15(24-26)17(18,19)20)6-7-14(27)22-12-5-4-8-25(9-12)30(3,28)29/h12H,4-9H2,1-3H3,(H,22,27). The summed E-state index contributed by atoms with van der Waals surface area (Å²) in [4.78, 5) is 19.9. The van der Waals surface area contributed by atoms with Crippen LogP contribution in [-0.4, -0.2) is 63.6 Å². The van der Waals surface area contributed by atoms with E-state index >= 15 is 0 Å². The SMILES string of the molecule is Cc1nc2nc(C(F)(F)F)nn2c(C)c1CCC(=O)NC1CCCN(S(C)(=O)=O)C1. The molecular formula is C17H23F3N6O3S. The normalized spacial score (nSPS) is 18.7. The minimum absolute atomic E-state index is 0.0884. The number of hydrogen-bond acceptors (Lipinski definition) is 6. The molecule has 0 aromatic carbocycles. The highest BCUT2D eigenvalue weighted by Crippen LogP contribution is 2.27. The first-order chi connectivity index (χ1) is 13.9. The number of nitrogens with one attached hydrogen (secondary N) is 1. The molecule has 0 bridgehead atoms. The van der Waals surface area contributed by atoms with Crippen LogP contribution in [0.5, 0.6) is 0 Å². The number of halogens is 3. The molecule has 0 spiro atoms. The van der Waals surface area contributed by atoms with Crippen LogP contribution in [0.15, 0.2) is 0 Å². The van der Waals surface area contributed by atoms with Gasteiger partial charge in [-0.2, -0.15) is 18.2 Å². The molecule has 1 fully saturated rings.